The van der Waals surface area contributed by atoms with Crippen LogP contribution in [0.25, 0.3) is 0 Å². The summed E-state index contributed by atoms with van der Waals surface area (Å²) in [6.07, 6.45) is 0.646. The van der Waals surface area contributed by atoms with Gasteiger partial charge in [0.05, 0.1) is 12.5 Å². The van der Waals surface area contributed by atoms with Crippen molar-refractivity contribution in [3.05, 3.63) is 0 Å². The van der Waals surface area contributed by atoms with Crippen molar-refractivity contribution in [3.63, 3.8) is 0 Å². The molecule has 0 bridgehead atoms. The zero-order valence-electron chi connectivity index (χ0n) is 7.88. The van der Waals surface area contributed by atoms with Crippen LogP contribution in [0.3, 0.4) is 0 Å². The average Bonchev–Trinajstić information content (AvgIpc) is 2.08. The minimum absolute atomic E-state index is 0.427. The second-order valence-corrected chi connectivity index (χ2v) is 3.41. The second-order valence-electron chi connectivity index (χ2n) is 3.41. The van der Waals surface area contributed by atoms with Crippen molar-refractivity contribution in [1.29, 1.82) is 5.26 Å². The van der Waals surface area contributed by atoms with Crippen molar-refractivity contribution in [2.75, 3.05) is 19.6 Å². The van der Waals surface area contributed by atoms with Crippen LogP contribution in [0, 0.1) is 11.3 Å². The molecular formula is C9H17N3. The number of nitriles is 1. The standard InChI is InChI=1S/C9H17N3/c1-3-12-7-8(2)11-6-9(12)4-5-10/h8-9,11H,3-4,6-7H2,1-2H3. The first-order chi connectivity index (χ1) is 5.77. The highest BCUT2D eigenvalue weighted by atomic mass is 15.2. The molecule has 1 fully saturated rings. The van der Waals surface area contributed by atoms with Crippen LogP contribution >= 0.6 is 0 Å². The maximum Gasteiger partial charge on any atom is 0.0638 e. The maximum atomic E-state index is 8.59. The SMILES string of the molecule is CCN1CC(C)NCC1CC#N. The fourth-order valence-electron chi connectivity index (χ4n) is 1.73. The largest absolute Gasteiger partial charge is 0.311 e. The maximum absolute atomic E-state index is 8.59. The van der Waals surface area contributed by atoms with E-state index in [0.717, 1.165) is 19.6 Å². The monoisotopic (exact) mass is 167 g/mol. The molecule has 68 valence electrons. The lowest BCUT2D eigenvalue weighted by Gasteiger charge is -2.37. The molecule has 12 heavy (non-hydrogen) atoms. The summed E-state index contributed by atoms with van der Waals surface area (Å²) < 4.78 is 0. The van der Waals surface area contributed by atoms with Crippen LogP contribution in [-0.2, 0) is 0 Å². The average molecular weight is 167 g/mol. The van der Waals surface area contributed by atoms with Crippen molar-refractivity contribution < 1.29 is 0 Å². The molecule has 0 amide bonds. The van der Waals surface area contributed by atoms with Crippen LogP contribution in [0.1, 0.15) is 20.3 Å². The number of hydrogen-bond donors (Lipinski definition) is 1. The zero-order chi connectivity index (χ0) is 8.97. The van der Waals surface area contributed by atoms with Gasteiger partial charge in [0.15, 0.2) is 0 Å². The van der Waals surface area contributed by atoms with Gasteiger partial charge >= 0.3 is 0 Å². The first-order valence-corrected chi connectivity index (χ1v) is 4.62. The van der Waals surface area contributed by atoms with E-state index in [-0.39, 0.29) is 0 Å². The molecule has 0 aromatic rings. The van der Waals surface area contributed by atoms with E-state index in [0.29, 0.717) is 18.5 Å². The molecule has 3 nitrogen and oxygen atoms in total. The third kappa shape index (κ3) is 2.20. The lowest BCUT2D eigenvalue weighted by molar-refractivity contribution is 0.145. The van der Waals surface area contributed by atoms with E-state index in [4.69, 9.17) is 5.26 Å². The Morgan fingerprint density at radius 2 is 2.42 bits per heavy atom. The lowest BCUT2D eigenvalue weighted by Crippen LogP contribution is -2.55. The number of likely N-dealkylation sites (N-methyl/N-ethyl adjacent to an activating group) is 1. The Kier molecular flexibility index (Phi) is 3.51. The molecule has 1 heterocycles. The highest BCUT2D eigenvalue weighted by Crippen LogP contribution is 2.08. The van der Waals surface area contributed by atoms with E-state index in [1.807, 2.05) is 0 Å². The molecule has 0 aliphatic carbocycles. The van der Waals surface area contributed by atoms with Gasteiger partial charge in [-0.3, -0.25) is 4.90 Å². The predicted octanol–water partition coefficient (Wildman–Crippen LogP) is 0.582. The number of hydrogen-bond acceptors (Lipinski definition) is 3. The molecule has 0 spiro atoms. The van der Waals surface area contributed by atoms with Gasteiger partial charge < -0.3 is 5.32 Å². The first-order valence-electron chi connectivity index (χ1n) is 4.62. The van der Waals surface area contributed by atoms with Crippen molar-refractivity contribution in [1.82, 2.24) is 10.2 Å². The van der Waals surface area contributed by atoms with Crippen LogP contribution in [0.15, 0.2) is 0 Å². The predicted molar refractivity (Wildman–Crippen MR) is 48.7 cm³/mol. The van der Waals surface area contributed by atoms with Crippen molar-refractivity contribution in [2.45, 2.75) is 32.4 Å². The zero-order valence-corrected chi connectivity index (χ0v) is 7.88. The summed E-state index contributed by atoms with van der Waals surface area (Å²) in [6.45, 7) is 7.43. The summed E-state index contributed by atoms with van der Waals surface area (Å²) in [5.41, 5.74) is 0. The summed E-state index contributed by atoms with van der Waals surface area (Å²) in [5.74, 6) is 0. The van der Waals surface area contributed by atoms with Crippen molar-refractivity contribution >= 4 is 0 Å². The van der Waals surface area contributed by atoms with Gasteiger partial charge in [0.25, 0.3) is 0 Å². The van der Waals surface area contributed by atoms with Crippen LogP contribution < -0.4 is 5.32 Å². The molecule has 3 heteroatoms. The fourth-order valence-corrected chi connectivity index (χ4v) is 1.73. The highest BCUT2D eigenvalue weighted by molar-refractivity contribution is 4.89. The summed E-state index contributed by atoms with van der Waals surface area (Å²) in [5, 5.41) is 12.0. The van der Waals surface area contributed by atoms with Gasteiger partial charge in [-0.15, -0.1) is 0 Å². The molecule has 1 aliphatic heterocycles. The molecule has 1 aliphatic rings. The van der Waals surface area contributed by atoms with E-state index >= 15 is 0 Å². The van der Waals surface area contributed by atoms with Crippen molar-refractivity contribution in [2.24, 2.45) is 0 Å². The molecule has 0 aromatic heterocycles. The van der Waals surface area contributed by atoms with E-state index < -0.39 is 0 Å². The van der Waals surface area contributed by atoms with Crippen LogP contribution in [0.2, 0.25) is 0 Å². The minimum Gasteiger partial charge on any atom is -0.311 e. The third-order valence-electron chi connectivity index (χ3n) is 2.46. The molecule has 0 saturated carbocycles. The Bertz CT molecular complexity index is 173. The molecule has 0 radical (unpaired) electrons. The third-order valence-corrected chi connectivity index (χ3v) is 2.46. The second kappa shape index (κ2) is 4.44. The molecule has 0 aromatic carbocycles. The Hall–Kier alpha value is -0.590. The van der Waals surface area contributed by atoms with Gasteiger partial charge in [-0.1, -0.05) is 6.92 Å². The minimum atomic E-state index is 0.427. The number of rotatable bonds is 2. The van der Waals surface area contributed by atoms with Crippen molar-refractivity contribution in [3.8, 4) is 6.07 Å². The summed E-state index contributed by atoms with van der Waals surface area (Å²) in [4.78, 5) is 2.38. The van der Waals surface area contributed by atoms with E-state index in [2.05, 4.69) is 30.1 Å². The van der Waals surface area contributed by atoms with Gasteiger partial charge in [0.2, 0.25) is 0 Å². The van der Waals surface area contributed by atoms with E-state index in [9.17, 15) is 0 Å². The van der Waals surface area contributed by atoms with E-state index in [1.165, 1.54) is 0 Å². The Balaban J connectivity index is 2.45. The molecule has 2 unspecified atom stereocenters. The van der Waals surface area contributed by atoms with Crippen LogP contribution in [-0.4, -0.2) is 36.6 Å². The quantitative estimate of drug-likeness (QED) is 0.654. The topological polar surface area (TPSA) is 39.1 Å². The molecule has 1 rings (SSSR count). The number of nitrogens with zero attached hydrogens (tertiary/aromatic N) is 2. The number of nitrogens with one attached hydrogen (secondary N) is 1. The van der Waals surface area contributed by atoms with E-state index in [1.54, 1.807) is 0 Å². The Morgan fingerprint density at radius 1 is 1.67 bits per heavy atom. The normalized spacial score (nSPS) is 31.4. The summed E-state index contributed by atoms with van der Waals surface area (Å²) >= 11 is 0. The summed E-state index contributed by atoms with van der Waals surface area (Å²) in [6, 6.07) is 3.23. The van der Waals surface area contributed by atoms with Gasteiger partial charge in [-0.25, -0.2) is 0 Å². The smallest absolute Gasteiger partial charge is 0.0638 e. The Morgan fingerprint density at radius 3 is 3.00 bits per heavy atom. The molecule has 1 saturated heterocycles. The van der Waals surface area contributed by atoms with Gasteiger partial charge in [-0.05, 0) is 13.5 Å². The van der Waals surface area contributed by atoms with Gasteiger partial charge in [0, 0.05) is 25.2 Å². The fraction of sp³-hybridized carbons (Fsp3) is 0.889. The Labute approximate surface area is 74.4 Å². The molecular weight excluding hydrogens is 150 g/mol. The molecule has 2 atom stereocenters. The first kappa shape index (κ1) is 9.50. The molecule has 1 N–H and O–H groups in total. The van der Waals surface area contributed by atoms with Gasteiger partial charge in [-0.2, -0.15) is 5.26 Å². The van der Waals surface area contributed by atoms with Crippen LogP contribution in [0.5, 0.6) is 0 Å². The van der Waals surface area contributed by atoms with Gasteiger partial charge in [0.1, 0.15) is 0 Å². The van der Waals surface area contributed by atoms with Crippen LogP contribution in [0.4, 0.5) is 0 Å². The number of piperazine rings is 1. The lowest BCUT2D eigenvalue weighted by atomic mass is 10.1. The highest BCUT2D eigenvalue weighted by Gasteiger charge is 2.23. The summed E-state index contributed by atoms with van der Waals surface area (Å²) in [7, 11) is 0.